The molecule has 2 fully saturated rings. The van der Waals surface area contributed by atoms with Crippen LogP contribution < -0.4 is 4.90 Å². The number of aryl methyl sites for hydroxylation is 4. The molecule has 2 unspecified atom stereocenters. The smallest absolute Gasteiger partial charge is 0.254 e. The van der Waals surface area contributed by atoms with Gasteiger partial charge in [0.25, 0.3) is 5.91 Å². The minimum atomic E-state index is 0.184. The average Bonchev–Trinajstić information content (AvgIpc) is 3.12. The molecule has 0 aliphatic carbocycles. The summed E-state index contributed by atoms with van der Waals surface area (Å²) in [4.78, 5) is 26.6. The van der Waals surface area contributed by atoms with Crippen molar-refractivity contribution in [2.45, 2.75) is 27.7 Å². The molecule has 26 heavy (non-hydrogen) atoms. The molecular weight excluding hydrogens is 324 g/mol. The number of nitrogens with zero attached hydrogens (tertiary/aromatic N) is 4. The fourth-order valence-electron chi connectivity index (χ4n) is 4.48. The summed E-state index contributed by atoms with van der Waals surface area (Å²) in [5, 5.41) is 0. The molecule has 5 heteroatoms. The predicted octanol–water partition coefficient (Wildman–Crippen LogP) is 2.92. The van der Waals surface area contributed by atoms with Crippen LogP contribution in [0.25, 0.3) is 0 Å². The Balaban J connectivity index is 1.47. The molecule has 1 aromatic heterocycles. The van der Waals surface area contributed by atoms with Crippen molar-refractivity contribution < 1.29 is 4.79 Å². The quantitative estimate of drug-likeness (QED) is 0.836. The van der Waals surface area contributed by atoms with Gasteiger partial charge >= 0.3 is 0 Å². The number of hydrogen-bond acceptors (Lipinski definition) is 4. The minimum Gasteiger partial charge on any atom is -0.340 e. The maximum atomic E-state index is 13.0. The summed E-state index contributed by atoms with van der Waals surface area (Å²) in [6.45, 7) is 11.6. The lowest BCUT2D eigenvalue weighted by molar-refractivity contribution is 0.0781. The Labute approximate surface area is 155 Å². The van der Waals surface area contributed by atoms with Crippen LogP contribution in [-0.4, -0.2) is 47.0 Å². The van der Waals surface area contributed by atoms with E-state index in [0.717, 1.165) is 60.2 Å². The highest BCUT2D eigenvalue weighted by atomic mass is 16.2. The number of aromatic nitrogens is 2. The highest BCUT2D eigenvalue weighted by Crippen LogP contribution is 2.34. The summed E-state index contributed by atoms with van der Waals surface area (Å²) >= 11 is 0. The summed E-state index contributed by atoms with van der Waals surface area (Å²) < 4.78 is 0. The van der Waals surface area contributed by atoms with Crippen molar-refractivity contribution >= 4 is 11.9 Å². The molecule has 0 saturated carbocycles. The number of amides is 1. The maximum absolute atomic E-state index is 13.0. The first-order valence-corrected chi connectivity index (χ1v) is 9.35. The van der Waals surface area contributed by atoms with Crippen molar-refractivity contribution in [3.05, 3.63) is 52.3 Å². The zero-order valence-electron chi connectivity index (χ0n) is 16.0. The highest BCUT2D eigenvalue weighted by Gasteiger charge is 2.42. The van der Waals surface area contributed by atoms with Gasteiger partial charge in [0.1, 0.15) is 0 Å². The van der Waals surface area contributed by atoms with Gasteiger partial charge in [-0.15, -0.1) is 0 Å². The summed E-state index contributed by atoms with van der Waals surface area (Å²) in [6.07, 6.45) is 0. The van der Waals surface area contributed by atoms with Gasteiger partial charge in [0, 0.05) is 55.0 Å². The SMILES string of the molecule is Cc1cc(C)nc(N2CC3CN(C(=O)c4c(C)cccc4C)CC3C2)n1. The van der Waals surface area contributed by atoms with Crippen LogP contribution >= 0.6 is 0 Å². The second-order valence-corrected chi connectivity index (χ2v) is 7.85. The van der Waals surface area contributed by atoms with Crippen LogP contribution in [0.1, 0.15) is 32.9 Å². The van der Waals surface area contributed by atoms with Gasteiger partial charge in [-0.2, -0.15) is 0 Å². The molecule has 2 saturated heterocycles. The lowest BCUT2D eigenvalue weighted by atomic mass is 10.0. The molecule has 0 bridgehead atoms. The third kappa shape index (κ3) is 2.96. The lowest BCUT2D eigenvalue weighted by Crippen LogP contribution is -2.34. The third-order valence-corrected chi connectivity index (χ3v) is 5.72. The first-order valence-electron chi connectivity index (χ1n) is 9.35. The van der Waals surface area contributed by atoms with Crippen molar-refractivity contribution in [1.29, 1.82) is 0 Å². The molecule has 2 aliphatic rings. The number of benzene rings is 1. The standard InChI is InChI=1S/C21H26N4O/c1-13-6-5-7-14(2)19(13)20(26)24-9-17-11-25(12-18(17)10-24)21-22-15(3)8-16(4)23-21/h5-8,17-18H,9-12H2,1-4H3. The number of anilines is 1. The van der Waals surface area contributed by atoms with Crippen LogP contribution in [0.15, 0.2) is 24.3 Å². The molecule has 2 aliphatic heterocycles. The van der Waals surface area contributed by atoms with Gasteiger partial charge in [-0.05, 0) is 44.9 Å². The largest absolute Gasteiger partial charge is 0.340 e. The Bertz CT molecular complexity index is 809. The Kier molecular flexibility index (Phi) is 4.17. The van der Waals surface area contributed by atoms with Crippen LogP contribution in [0.3, 0.4) is 0 Å². The van der Waals surface area contributed by atoms with Crippen LogP contribution in [0, 0.1) is 39.5 Å². The van der Waals surface area contributed by atoms with E-state index in [2.05, 4.69) is 14.9 Å². The van der Waals surface area contributed by atoms with E-state index in [9.17, 15) is 4.79 Å². The van der Waals surface area contributed by atoms with E-state index in [1.165, 1.54) is 0 Å². The predicted molar refractivity (Wildman–Crippen MR) is 103 cm³/mol. The molecule has 136 valence electrons. The van der Waals surface area contributed by atoms with E-state index in [1.807, 2.05) is 56.9 Å². The Morgan fingerprint density at radius 2 is 1.46 bits per heavy atom. The fraction of sp³-hybridized carbons (Fsp3) is 0.476. The number of carbonyl (C=O) groups is 1. The minimum absolute atomic E-state index is 0.184. The van der Waals surface area contributed by atoms with Gasteiger partial charge in [0.15, 0.2) is 0 Å². The van der Waals surface area contributed by atoms with Crippen molar-refractivity contribution in [3.63, 3.8) is 0 Å². The van der Waals surface area contributed by atoms with E-state index < -0.39 is 0 Å². The lowest BCUT2D eigenvalue weighted by Gasteiger charge is -2.23. The van der Waals surface area contributed by atoms with Crippen molar-refractivity contribution in [2.75, 3.05) is 31.1 Å². The molecular formula is C21H26N4O. The van der Waals surface area contributed by atoms with Gasteiger partial charge in [-0.3, -0.25) is 4.79 Å². The zero-order chi connectivity index (χ0) is 18.4. The Morgan fingerprint density at radius 1 is 0.923 bits per heavy atom. The second kappa shape index (κ2) is 6.38. The van der Waals surface area contributed by atoms with Crippen molar-refractivity contribution in [1.82, 2.24) is 14.9 Å². The molecule has 1 amide bonds. The summed E-state index contributed by atoms with van der Waals surface area (Å²) in [6, 6.07) is 8.07. The number of hydrogen-bond donors (Lipinski definition) is 0. The van der Waals surface area contributed by atoms with E-state index in [1.54, 1.807) is 0 Å². The van der Waals surface area contributed by atoms with E-state index in [4.69, 9.17) is 0 Å². The number of rotatable bonds is 2. The molecule has 2 atom stereocenters. The van der Waals surface area contributed by atoms with Crippen LogP contribution in [0.4, 0.5) is 5.95 Å². The van der Waals surface area contributed by atoms with E-state index in [-0.39, 0.29) is 5.91 Å². The molecule has 4 rings (SSSR count). The fourth-order valence-corrected chi connectivity index (χ4v) is 4.48. The Hall–Kier alpha value is -2.43. The second-order valence-electron chi connectivity index (χ2n) is 7.85. The van der Waals surface area contributed by atoms with Crippen LogP contribution in [0.2, 0.25) is 0 Å². The molecule has 0 spiro atoms. The molecule has 1 aromatic carbocycles. The summed E-state index contributed by atoms with van der Waals surface area (Å²) in [7, 11) is 0. The summed E-state index contributed by atoms with van der Waals surface area (Å²) in [5.74, 6) is 2.04. The summed E-state index contributed by atoms with van der Waals surface area (Å²) in [5.41, 5.74) is 5.03. The molecule has 0 N–H and O–H groups in total. The molecule has 5 nitrogen and oxygen atoms in total. The van der Waals surface area contributed by atoms with Crippen LogP contribution in [-0.2, 0) is 0 Å². The normalized spacial score (nSPS) is 22.0. The van der Waals surface area contributed by atoms with Crippen LogP contribution in [0.5, 0.6) is 0 Å². The first-order chi connectivity index (χ1) is 12.4. The van der Waals surface area contributed by atoms with Crippen molar-refractivity contribution in [3.8, 4) is 0 Å². The Morgan fingerprint density at radius 3 is 2.00 bits per heavy atom. The molecule has 0 radical (unpaired) electrons. The average molecular weight is 350 g/mol. The number of likely N-dealkylation sites (tertiary alicyclic amines) is 1. The van der Waals surface area contributed by atoms with Gasteiger partial charge in [-0.1, -0.05) is 18.2 Å². The van der Waals surface area contributed by atoms with Gasteiger partial charge in [-0.25, -0.2) is 9.97 Å². The monoisotopic (exact) mass is 350 g/mol. The molecule has 3 heterocycles. The topological polar surface area (TPSA) is 49.3 Å². The van der Waals surface area contributed by atoms with Gasteiger partial charge in [0.05, 0.1) is 0 Å². The van der Waals surface area contributed by atoms with Gasteiger partial charge in [0.2, 0.25) is 5.95 Å². The first kappa shape index (κ1) is 17.0. The zero-order valence-corrected chi connectivity index (χ0v) is 16.0. The highest BCUT2D eigenvalue weighted by molar-refractivity contribution is 5.97. The third-order valence-electron chi connectivity index (χ3n) is 5.72. The van der Waals surface area contributed by atoms with Gasteiger partial charge < -0.3 is 9.80 Å². The maximum Gasteiger partial charge on any atom is 0.254 e. The molecule has 2 aromatic rings. The van der Waals surface area contributed by atoms with E-state index >= 15 is 0 Å². The number of carbonyl (C=O) groups excluding carboxylic acids is 1. The van der Waals surface area contributed by atoms with E-state index in [0.29, 0.717) is 11.8 Å². The van der Waals surface area contributed by atoms with Crippen molar-refractivity contribution in [2.24, 2.45) is 11.8 Å². The number of fused-ring (bicyclic) bond motifs is 1.